The summed E-state index contributed by atoms with van der Waals surface area (Å²) in [5, 5.41) is 5.57. The Morgan fingerprint density at radius 3 is 2.59 bits per heavy atom. The zero-order chi connectivity index (χ0) is 20.6. The molecule has 1 aliphatic heterocycles. The molecular formula is C20H22ClFN4OS2. The van der Waals surface area contributed by atoms with E-state index in [-0.39, 0.29) is 4.90 Å². The van der Waals surface area contributed by atoms with Crippen molar-refractivity contribution in [3.63, 3.8) is 0 Å². The Labute approximate surface area is 181 Å². The van der Waals surface area contributed by atoms with Crippen molar-refractivity contribution < 1.29 is 8.60 Å². The van der Waals surface area contributed by atoms with Gasteiger partial charge in [0.2, 0.25) is 0 Å². The van der Waals surface area contributed by atoms with Gasteiger partial charge in [-0.15, -0.1) is 11.3 Å². The van der Waals surface area contributed by atoms with Gasteiger partial charge < -0.3 is 10.2 Å². The van der Waals surface area contributed by atoms with Crippen molar-refractivity contribution in [3.05, 3.63) is 70.4 Å². The Morgan fingerprint density at radius 2 is 2.00 bits per heavy atom. The quantitative estimate of drug-likeness (QED) is 0.552. The van der Waals surface area contributed by atoms with Gasteiger partial charge in [0.15, 0.2) is 16.1 Å². The molecule has 0 bridgehead atoms. The average Bonchev–Trinajstić information content (AvgIpc) is 3.21. The van der Waals surface area contributed by atoms with Gasteiger partial charge in [-0.2, -0.15) is 0 Å². The lowest BCUT2D eigenvalue weighted by Crippen LogP contribution is -2.32. The maximum absolute atomic E-state index is 14.3. The Bertz CT molecular complexity index is 937. The summed E-state index contributed by atoms with van der Waals surface area (Å²) in [5.41, 5.74) is 1.50. The number of anilines is 2. The van der Waals surface area contributed by atoms with Crippen LogP contribution in [0.1, 0.15) is 12.0 Å². The van der Waals surface area contributed by atoms with E-state index in [0.29, 0.717) is 22.4 Å². The second-order valence-electron chi connectivity index (χ2n) is 6.47. The summed E-state index contributed by atoms with van der Waals surface area (Å²) in [6.07, 6.45) is 2.99. The smallest absolute Gasteiger partial charge is 0.194 e. The van der Waals surface area contributed by atoms with E-state index in [1.54, 1.807) is 11.6 Å². The van der Waals surface area contributed by atoms with E-state index < -0.39 is 16.8 Å². The summed E-state index contributed by atoms with van der Waals surface area (Å²) in [4.78, 5) is 6.25. The van der Waals surface area contributed by atoms with Crippen molar-refractivity contribution in [1.82, 2.24) is 9.88 Å². The van der Waals surface area contributed by atoms with Crippen molar-refractivity contribution in [3.8, 4) is 0 Å². The summed E-state index contributed by atoms with van der Waals surface area (Å²) in [6.45, 7) is 3.15. The van der Waals surface area contributed by atoms with Crippen LogP contribution >= 0.6 is 22.9 Å². The monoisotopic (exact) mass is 452 g/mol. The SMILES string of the molecule is CN1CCC1.O=S(Nc1nccs1)c1cc(Cl)c(NCc2ccccc2)cc1F. The number of rotatable bonds is 6. The predicted octanol–water partition coefficient (Wildman–Crippen LogP) is 5.00. The lowest BCUT2D eigenvalue weighted by molar-refractivity contribution is 0.229. The number of thiazole rings is 1. The van der Waals surface area contributed by atoms with Crippen LogP contribution in [0.25, 0.3) is 0 Å². The van der Waals surface area contributed by atoms with Crippen molar-refractivity contribution in [2.75, 3.05) is 30.2 Å². The molecule has 1 aromatic heterocycles. The summed E-state index contributed by atoms with van der Waals surface area (Å²) in [6, 6.07) is 12.3. The molecule has 2 N–H and O–H groups in total. The van der Waals surface area contributed by atoms with Gasteiger partial charge in [-0.05, 0) is 44.3 Å². The first-order chi connectivity index (χ1) is 14.0. The second kappa shape index (κ2) is 10.7. The van der Waals surface area contributed by atoms with Gasteiger partial charge in [0.05, 0.1) is 15.6 Å². The van der Waals surface area contributed by atoms with Crippen molar-refractivity contribution in [1.29, 1.82) is 0 Å². The summed E-state index contributed by atoms with van der Waals surface area (Å²) in [5.74, 6) is -0.600. The molecule has 0 aliphatic carbocycles. The number of likely N-dealkylation sites (tertiary alicyclic amines) is 1. The maximum atomic E-state index is 14.3. The molecule has 1 unspecified atom stereocenters. The number of hydrogen-bond acceptors (Lipinski definition) is 5. The van der Waals surface area contributed by atoms with Crippen LogP contribution in [-0.4, -0.2) is 34.2 Å². The molecule has 0 radical (unpaired) electrons. The molecule has 1 aliphatic rings. The molecule has 3 aromatic rings. The fraction of sp³-hybridized carbons (Fsp3) is 0.250. The van der Waals surface area contributed by atoms with E-state index in [0.717, 1.165) is 5.56 Å². The van der Waals surface area contributed by atoms with Gasteiger partial charge >= 0.3 is 0 Å². The van der Waals surface area contributed by atoms with E-state index in [1.165, 1.54) is 43.0 Å². The highest BCUT2D eigenvalue weighted by Gasteiger charge is 2.15. The number of hydrogen-bond donors (Lipinski definition) is 2. The fourth-order valence-electron chi connectivity index (χ4n) is 2.48. The van der Waals surface area contributed by atoms with Crippen LogP contribution in [0.5, 0.6) is 0 Å². The summed E-state index contributed by atoms with van der Waals surface area (Å²) < 4.78 is 29.2. The highest BCUT2D eigenvalue weighted by Crippen LogP contribution is 2.28. The zero-order valence-corrected chi connectivity index (χ0v) is 18.3. The molecule has 4 rings (SSSR count). The van der Waals surface area contributed by atoms with E-state index in [4.69, 9.17) is 11.6 Å². The lowest BCUT2D eigenvalue weighted by atomic mass is 10.2. The van der Waals surface area contributed by atoms with E-state index >= 15 is 0 Å². The van der Waals surface area contributed by atoms with Gasteiger partial charge in [-0.1, -0.05) is 41.9 Å². The molecule has 2 heterocycles. The van der Waals surface area contributed by atoms with Gasteiger partial charge in [0.25, 0.3) is 0 Å². The molecule has 0 spiro atoms. The first-order valence-corrected chi connectivity index (χ1v) is 11.5. The standard InChI is InChI=1S/C16H13ClFN3OS2.C4H9N/c17-12-8-15(24(22)21-16-19-6-7-23-16)13(18)9-14(12)20-10-11-4-2-1-3-5-11;1-5-3-2-4-5/h1-9,20H,10H2,(H,19,21);2-4H2,1H3. The number of nitrogens with one attached hydrogen (secondary N) is 2. The van der Waals surface area contributed by atoms with Gasteiger partial charge in [-0.25, -0.2) is 13.6 Å². The minimum Gasteiger partial charge on any atom is -0.380 e. The van der Waals surface area contributed by atoms with E-state index in [9.17, 15) is 8.60 Å². The lowest BCUT2D eigenvalue weighted by Gasteiger charge is -2.24. The average molecular weight is 453 g/mol. The minimum absolute atomic E-state index is 0.0135. The highest BCUT2D eigenvalue weighted by molar-refractivity contribution is 7.86. The Hall–Kier alpha value is -2.00. The first kappa shape index (κ1) is 21.7. The molecule has 29 heavy (non-hydrogen) atoms. The Morgan fingerprint density at radius 1 is 1.28 bits per heavy atom. The molecule has 2 aromatic carbocycles. The molecule has 1 saturated heterocycles. The molecule has 1 fully saturated rings. The molecule has 5 nitrogen and oxygen atoms in total. The topological polar surface area (TPSA) is 57.3 Å². The second-order valence-corrected chi connectivity index (χ2v) is 8.95. The normalized spacial score (nSPS) is 14.3. The van der Waals surface area contributed by atoms with Crippen molar-refractivity contribution in [2.24, 2.45) is 0 Å². The van der Waals surface area contributed by atoms with Crippen LogP contribution in [0.3, 0.4) is 0 Å². The minimum atomic E-state index is -1.77. The van der Waals surface area contributed by atoms with Crippen LogP contribution < -0.4 is 10.0 Å². The number of aromatic nitrogens is 1. The van der Waals surface area contributed by atoms with Crippen LogP contribution in [0.2, 0.25) is 5.02 Å². The van der Waals surface area contributed by atoms with Gasteiger partial charge in [0.1, 0.15) is 5.82 Å². The first-order valence-electron chi connectivity index (χ1n) is 9.06. The third kappa shape index (κ3) is 6.50. The zero-order valence-electron chi connectivity index (χ0n) is 15.9. The third-order valence-corrected chi connectivity index (χ3v) is 6.46. The van der Waals surface area contributed by atoms with Crippen LogP contribution in [0.15, 0.2) is 58.9 Å². The van der Waals surface area contributed by atoms with E-state index in [1.807, 2.05) is 30.3 Å². The molecule has 1 atom stereocenters. The van der Waals surface area contributed by atoms with Crippen LogP contribution in [-0.2, 0) is 17.5 Å². The molecule has 0 amide bonds. The third-order valence-electron chi connectivity index (χ3n) is 4.24. The summed E-state index contributed by atoms with van der Waals surface area (Å²) >= 11 is 7.47. The van der Waals surface area contributed by atoms with E-state index in [2.05, 4.69) is 27.0 Å². The van der Waals surface area contributed by atoms with Crippen LogP contribution in [0, 0.1) is 5.82 Å². The Balaban J connectivity index is 0.000000419. The molecule has 9 heteroatoms. The Kier molecular flexibility index (Phi) is 8.00. The van der Waals surface area contributed by atoms with Crippen molar-refractivity contribution in [2.45, 2.75) is 17.9 Å². The highest BCUT2D eigenvalue weighted by atomic mass is 35.5. The van der Waals surface area contributed by atoms with Gasteiger partial charge in [0, 0.05) is 18.1 Å². The number of benzene rings is 2. The molecular weight excluding hydrogens is 431 g/mol. The van der Waals surface area contributed by atoms with Gasteiger partial charge in [-0.3, -0.25) is 4.72 Å². The number of halogens is 2. The predicted molar refractivity (Wildman–Crippen MR) is 119 cm³/mol. The maximum Gasteiger partial charge on any atom is 0.194 e. The molecule has 0 saturated carbocycles. The molecule has 154 valence electrons. The number of nitrogens with zero attached hydrogens (tertiary/aromatic N) is 2. The fourth-order valence-corrected chi connectivity index (χ4v) is 4.35. The summed E-state index contributed by atoms with van der Waals surface area (Å²) in [7, 11) is 0.370. The van der Waals surface area contributed by atoms with Crippen molar-refractivity contribution >= 4 is 44.7 Å². The van der Waals surface area contributed by atoms with Crippen LogP contribution in [0.4, 0.5) is 15.2 Å². The largest absolute Gasteiger partial charge is 0.380 e.